The highest BCUT2D eigenvalue weighted by Gasteiger charge is 2.19. The highest BCUT2D eigenvalue weighted by atomic mass is 79.9. The minimum absolute atomic E-state index is 0.376. The molecule has 0 saturated carbocycles. The molecule has 0 aliphatic rings. The summed E-state index contributed by atoms with van der Waals surface area (Å²) in [7, 11) is -3.36. The predicted molar refractivity (Wildman–Crippen MR) is 84.1 cm³/mol. The van der Waals surface area contributed by atoms with Crippen molar-refractivity contribution in [3.63, 3.8) is 0 Å². The molecule has 18 heavy (non-hydrogen) atoms. The van der Waals surface area contributed by atoms with Crippen LogP contribution in [0.1, 0.15) is 25.3 Å². The largest absolute Gasteiger partial charge is 0.250 e. The van der Waals surface area contributed by atoms with Gasteiger partial charge in [0.1, 0.15) is 4.21 Å². The third-order valence-corrected chi connectivity index (χ3v) is 7.25. The predicted octanol–water partition coefficient (Wildman–Crippen LogP) is 3.91. The molecule has 0 amide bonds. The Kier molecular flexibility index (Phi) is 6.81. The standard InChI is InChI=1S/C11H17Br2NO2S2/c1-3-9(4-5-12)7-14-18(15,16)10-6-8(2)11(13)17-10/h6,9,14H,3-5,7H2,1-2H3. The van der Waals surface area contributed by atoms with E-state index >= 15 is 0 Å². The number of halogens is 2. The number of thiophene rings is 1. The van der Waals surface area contributed by atoms with Crippen LogP contribution in [-0.2, 0) is 10.0 Å². The van der Waals surface area contributed by atoms with E-state index in [0.717, 1.165) is 27.5 Å². The van der Waals surface area contributed by atoms with Crippen LogP contribution < -0.4 is 4.72 Å². The number of sulfonamides is 1. The quantitative estimate of drug-likeness (QED) is 0.682. The van der Waals surface area contributed by atoms with Crippen molar-refractivity contribution in [1.29, 1.82) is 0 Å². The van der Waals surface area contributed by atoms with Gasteiger partial charge in [-0.2, -0.15) is 0 Å². The van der Waals surface area contributed by atoms with Crippen LogP contribution >= 0.6 is 43.2 Å². The molecular weight excluding hydrogens is 402 g/mol. The van der Waals surface area contributed by atoms with E-state index in [9.17, 15) is 8.42 Å². The van der Waals surface area contributed by atoms with E-state index in [4.69, 9.17) is 0 Å². The Morgan fingerprint density at radius 3 is 2.61 bits per heavy atom. The lowest BCUT2D eigenvalue weighted by Crippen LogP contribution is -2.29. The summed E-state index contributed by atoms with van der Waals surface area (Å²) in [6, 6.07) is 1.70. The summed E-state index contributed by atoms with van der Waals surface area (Å²) in [6.45, 7) is 4.46. The summed E-state index contributed by atoms with van der Waals surface area (Å²) in [5.41, 5.74) is 0.952. The molecule has 0 spiro atoms. The van der Waals surface area contributed by atoms with Crippen molar-refractivity contribution in [2.24, 2.45) is 5.92 Å². The highest BCUT2D eigenvalue weighted by Crippen LogP contribution is 2.30. The lowest BCUT2D eigenvalue weighted by Gasteiger charge is -2.13. The molecule has 7 heteroatoms. The number of alkyl halides is 1. The fraction of sp³-hybridized carbons (Fsp3) is 0.636. The maximum Gasteiger partial charge on any atom is 0.250 e. The smallest absolute Gasteiger partial charge is 0.210 e. The second-order valence-corrected chi connectivity index (χ2v) is 9.28. The molecule has 0 aromatic carbocycles. The van der Waals surface area contributed by atoms with Crippen LogP contribution in [0, 0.1) is 12.8 Å². The first kappa shape index (κ1) is 16.6. The number of aryl methyl sites for hydroxylation is 1. The molecule has 104 valence electrons. The van der Waals surface area contributed by atoms with Crippen LogP contribution in [0.2, 0.25) is 0 Å². The number of nitrogens with one attached hydrogen (secondary N) is 1. The van der Waals surface area contributed by atoms with Gasteiger partial charge in [0, 0.05) is 11.9 Å². The average Bonchev–Trinajstić information content (AvgIpc) is 2.66. The lowest BCUT2D eigenvalue weighted by atomic mass is 10.0. The normalized spacial score (nSPS) is 13.8. The molecule has 1 atom stereocenters. The molecule has 1 N–H and O–H groups in total. The molecule has 1 aromatic rings. The van der Waals surface area contributed by atoms with Crippen LogP contribution in [0.5, 0.6) is 0 Å². The van der Waals surface area contributed by atoms with Gasteiger partial charge in [-0.3, -0.25) is 0 Å². The van der Waals surface area contributed by atoms with Crippen LogP contribution in [0.3, 0.4) is 0 Å². The zero-order valence-corrected chi connectivity index (χ0v) is 15.2. The van der Waals surface area contributed by atoms with Crippen LogP contribution in [0.25, 0.3) is 0 Å². The number of hydrogen-bond acceptors (Lipinski definition) is 3. The molecule has 0 aliphatic heterocycles. The van der Waals surface area contributed by atoms with Gasteiger partial charge in [-0.1, -0.05) is 29.3 Å². The average molecular weight is 419 g/mol. The molecular formula is C11H17Br2NO2S2. The van der Waals surface area contributed by atoms with Crippen molar-refractivity contribution < 1.29 is 8.42 Å². The van der Waals surface area contributed by atoms with Crippen molar-refractivity contribution >= 4 is 53.2 Å². The Morgan fingerprint density at radius 1 is 1.50 bits per heavy atom. The summed E-state index contributed by atoms with van der Waals surface area (Å²) in [6.07, 6.45) is 1.95. The first-order valence-electron chi connectivity index (χ1n) is 5.72. The minimum atomic E-state index is -3.36. The van der Waals surface area contributed by atoms with Gasteiger partial charge in [-0.25, -0.2) is 13.1 Å². The fourth-order valence-corrected chi connectivity index (χ4v) is 5.50. The molecule has 1 unspecified atom stereocenters. The number of hydrogen-bond donors (Lipinski definition) is 1. The maximum atomic E-state index is 12.1. The molecule has 0 saturated heterocycles. The summed E-state index contributed by atoms with van der Waals surface area (Å²) >= 11 is 7.99. The topological polar surface area (TPSA) is 46.2 Å². The molecule has 1 rings (SSSR count). The van der Waals surface area contributed by atoms with E-state index in [1.165, 1.54) is 11.3 Å². The van der Waals surface area contributed by atoms with Gasteiger partial charge in [0.2, 0.25) is 10.0 Å². The highest BCUT2D eigenvalue weighted by molar-refractivity contribution is 9.11. The number of rotatable bonds is 7. The van der Waals surface area contributed by atoms with Gasteiger partial charge in [0.15, 0.2) is 0 Å². The summed E-state index contributed by atoms with van der Waals surface area (Å²) in [4.78, 5) is 0. The summed E-state index contributed by atoms with van der Waals surface area (Å²) < 4.78 is 28.1. The minimum Gasteiger partial charge on any atom is -0.210 e. The third kappa shape index (κ3) is 4.59. The van der Waals surface area contributed by atoms with E-state index in [1.54, 1.807) is 6.07 Å². The molecule has 0 fully saturated rings. The van der Waals surface area contributed by atoms with Gasteiger partial charge < -0.3 is 0 Å². The van der Waals surface area contributed by atoms with E-state index in [2.05, 4.69) is 43.5 Å². The third-order valence-electron chi connectivity index (χ3n) is 2.76. The van der Waals surface area contributed by atoms with Crippen molar-refractivity contribution in [2.45, 2.75) is 30.9 Å². The van der Waals surface area contributed by atoms with Gasteiger partial charge in [0.25, 0.3) is 0 Å². The molecule has 0 bridgehead atoms. The van der Waals surface area contributed by atoms with E-state index in [-0.39, 0.29) is 0 Å². The second kappa shape index (κ2) is 7.38. The molecule has 3 nitrogen and oxygen atoms in total. The van der Waals surface area contributed by atoms with Crippen LogP contribution in [-0.4, -0.2) is 20.3 Å². The van der Waals surface area contributed by atoms with Crippen molar-refractivity contribution in [3.8, 4) is 0 Å². The zero-order chi connectivity index (χ0) is 13.8. The molecule has 0 aliphatic carbocycles. The van der Waals surface area contributed by atoms with Crippen LogP contribution in [0.4, 0.5) is 0 Å². The van der Waals surface area contributed by atoms with Crippen molar-refractivity contribution in [3.05, 3.63) is 15.4 Å². The second-order valence-electron chi connectivity index (χ2n) is 4.13. The summed E-state index contributed by atoms with van der Waals surface area (Å²) in [5.74, 6) is 0.378. The van der Waals surface area contributed by atoms with Crippen LogP contribution in [0.15, 0.2) is 14.1 Å². The van der Waals surface area contributed by atoms with E-state index in [1.807, 2.05) is 6.92 Å². The summed E-state index contributed by atoms with van der Waals surface area (Å²) in [5, 5.41) is 0.900. The Bertz CT molecular complexity index is 466. The molecule has 0 radical (unpaired) electrons. The van der Waals surface area contributed by atoms with Gasteiger partial charge >= 0.3 is 0 Å². The van der Waals surface area contributed by atoms with Gasteiger partial charge in [0.05, 0.1) is 3.79 Å². The first-order chi connectivity index (χ1) is 8.40. The molecule has 1 aromatic heterocycles. The Balaban J connectivity index is 2.70. The molecule has 1 heterocycles. The van der Waals surface area contributed by atoms with Crippen molar-refractivity contribution in [1.82, 2.24) is 4.72 Å². The van der Waals surface area contributed by atoms with Gasteiger partial charge in [-0.15, -0.1) is 11.3 Å². The Hall–Kier alpha value is 0.570. The van der Waals surface area contributed by atoms with E-state index in [0.29, 0.717) is 16.7 Å². The van der Waals surface area contributed by atoms with E-state index < -0.39 is 10.0 Å². The van der Waals surface area contributed by atoms with Crippen molar-refractivity contribution in [2.75, 3.05) is 11.9 Å². The Morgan fingerprint density at radius 2 is 2.17 bits per heavy atom. The fourth-order valence-electron chi connectivity index (χ4n) is 1.47. The first-order valence-corrected chi connectivity index (χ1v) is 9.93. The monoisotopic (exact) mass is 417 g/mol. The van der Waals surface area contributed by atoms with Gasteiger partial charge in [-0.05, 0) is 46.8 Å². The maximum absolute atomic E-state index is 12.1. The lowest BCUT2D eigenvalue weighted by molar-refractivity contribution is 0.483. The SMILES string of the molecule is CCC(CCBr)CNS(=O)(=O)c1cc(C)c(Br)s1. The Labute approximate surface area is 130 Å². The zero-order valence-electron chi connectivity index (χ0n) is 10.4.